The standard InChI is InChI=1S/C11H15N7O2/c1-13-11-16-9-7(14-5-15-9)10(17-11)18-2-3-20-4-6(18)8(12)19/h5-6H,2-4H2,1H3,(H2,12,19)(H2,13,14,15,16,17). The number of carbonyl (C=O) groups is 1. The number of H-pyrrole nitrogens is 1. The predicted molar refractivity (Wildman–Crippen MR) is 72.4 cm³/mol. The van der Waals surface area contributed by atoms with E-state index in [2.05, 4.69) is 25.3 Å². The van der Waals surface area contributed by atoms with Gasteiger partial charge in [-0.3, -0.25) is 4.79 Å². The molecule has 1 fully saturated rings. The second-order valence-corrected chi connectivity index (χ2v) is 4.41. The number of aromatic nitrogens is 4. The minimum atomic E-state index is -0.546. The first-order chi connectivity index (χ1) is 9.70. The molecule has 3 heterocycles. The number of nitrogens with one attached hydrogen (secondary N) is 2. The molecule has 1 saturated heterocycles. The molecule has 2 aromatic heterocycles. The van der Waals surface area contributed by atoms with Gasteiger partial charge < -0.3 is 25.7 Å². The number of rotatable bonds is 3. The average Bonchev–Trinajstić information content (AvgIpc) is 2.94. The smallest absolute Gasteiger partial charge is 0.242 e. The molecule has 4 N–H and O–H groups in total. The molecule has 3 rings (SSSR count). The Kier molecular flexibility index (Phi) is 3.11. The molecule has 9 heteroatoms. The van der Waals surface area contributed by atoms with Crippen LogP contribution in [-0.2, 0) is 9.53 Å². The van der Waals surface area contributed by atoms with E-state index in [0.29, 0.717) is 36.1 Å². The number of hydrogen-bond donors (Lipinski definition) is 3. The van der Waals surface area contributed by atoms with Gasteiger partial charge in [-0.2, -0.15) is 9.97 Å². The summed E-state index contributed by atoms with van der Waals surface area (Å²) in [5.74, 6) is 0.597. The lowest BCUT2D eigenvalue weighted by atomic mass is 10.2. The molecule has 0 saturated carbocycles. The monoisotopic (exact) mass is 277 g/mol. The number of primary amides is 1. The fourth-order valence-corrected chi connectivity index (χ4v) is 2.23. The highest BCUT2D eigenvalue weighted by molar-refractivity contribution is 5.89. The van der Waals surface area contributed by atoms with Crippen molar-refractivity contribution in [3.8, 4) is 0 Å². The number of fused-ring (bicyclic) bond motifs is 1. The van der Waals surface area contributed by atoms with Gasteiger partial charge in [0.15, 0.2) is 11.5 Å². The maximum Gasteiger partial charge on any atom is 0.242 e. The van der Waals surface area contributed by atoms with Gasteiger partial charge in [0.25, 0.3) is 0 Å². The van der Waals surface area contributed by atoms with Crippen molar-refractivity contribution in [1.29, 1.82) is 0 Å². The molecule has 0 aromatic carbocycles. The lowest BCUT2D eigenvalue weighted by molar-refractivity contribution is -0.121. The van der Waals surface area contributed by atoms with Crippen LogP contribution >= 0.6 is 0 Å². The SMILES string of the molecule is CNc1nc(N2CCOCC2C(N)=O)c2[nH]cnc2n1. The van der Waals surface area contributed by atoms with E-state index in [9.17, 15) is 4.79 Å². The summed E-state index contributed by atoms with van der Waals surface area (Å²) in [5.41, 5.74) is 6.65. The summed E-state index contributed by atoms with van der Waals surface area (Å²) in [6.07, 6.45) is 1.54. The third kappa shape index (κ3) is 2.01. The minimum absolute atomic E-state index is 0.254. The number of amides is 1. The predicted octanol–water partition coefficient (Wildman–Crippen LogP) is -0.915. The Labute approximate surface area is 114 Å². The van der Waals surface area contributed by atoms with Gasteiger partial charge in [0, 0.05) is 13.6 Å². The van der Waals surface area contributed by atoms with Gasteiger partial charge >= 0.3 is 0 Å². The van der Waals surface area contributed by atoms with Gasteiger partial charge in [-0.1, -0.05) is 0 Å². The Morgan fingerprint density at radius 2 is 2.45 bits per heavy atom. The normalized spacial score (nSPS) is 19.2. The molecule has 1 unspecified atom stereocenters. The maximum absolute atomic E-state index is 11.6. The van der Waals surface area contributed by atoms with Crippen LogP contribution in [-0.4, -0.2) is 58.7 Å². The van der Waals surface area contributed by atoms with Crippen LogP contribution in [0.4, 0.5) is 11.8 Å². The molecule has 1 aliphatic rings. The first kappa shape index (κ1) is 12.6. The van der Waals surface area contributed by atoms with Crippen LogP contribution < -0.4 is 16.0 Å². The molecular formula is C11H15N7O2. The van der Waals surface area contributed by atoms with E-state index in [-0.39, 0.29) is 6.61 Å². The second-order valence-electron chi connectivity index (χ2n) is 4.41. The topological polar surface area (TPSA) is 122 Å². The van der Waals surface area contributed by atoms with E-state index in [4.69, 9.17) is 10.5 Å². The number of carbonyl (C=O) groups excluding carboxylic acids is 1. The molecule has 1 aliphatic heterocycles. The highest BCUT2D eigenvalue weighted by Gasteiger charge is 2.30. The van der Waals surface area contributed by atoms with E-state index < -0.39 is 11.9 Å². The average molecular weight is 277 g/mol. The summed E-state index contributed by atoms with van der Waals surface area (Å²) < 4.78 is 5.32. The lowest BCUT2D eigenvalue weighted by Gasteiger charge is -2.34. The van der Waals surface area contributed by atoms with Gasteiger partial charge in [0.05, 0.1) is 19.5 Å². The number of anilines is 2. The number of nitrogens with two attached hydrogens (primary N) is 1. The van der Waals surface area contributed by atoms with E-state index in [1.807, 2.05) is 4.90 Å². The fourth-order valence-electron chi connectivity index (χ4n) is 2.23. The number of morpholine rings is 1. The minimum Gasteiger partial charge on any atom is -0.377 e. The van der Waals surface area contributed by atoms with Crippen molar-refractivity contribution in [3.05, 3.63) is 6.33 Å². The number of nitrogens with zero attached hydrogens (tertiary/aromatic N) is 4. The molecule has 0 spiro atoms. The van der Waals surface area contributed by atoms with Crippen LogP contribution in [0.15, 0.2) is 6.33 Å². The molecule has 1 atom stereocenters. The van der Waals surface area contributed by atoms with Crippen LogP contribution in [0, 0.1) is 0 Å². The molecule has 20 heavy (non-hydrogen) atoms. The zero-order chi connectivity index (χ0) is 14.1. The highest BCUT2D eigenvalue weighted by atomic mass is 16.5. The van der Waals surface area contributed by atoms with E-state index in [1.54, 1.807) is 13.4 Å². The van der Waals surface area contributed by atoms with Crippen LogP contribution in [0.25, 0.3) is 11.2 Å². The molecule has 9 nitrogen and oxygen atoms in total. The molecule has 0 aliphatic carbocycles. The third-order valence-corrected chi connectivity index (χ3v) is 3.22. The van der Waals surface area contributed by atoms with Gasteiger partial charge in [-0.05, 0) is 0 Å². The number of imidazole rings is 1. The first-order valence-electron chi connectivity index (χ1n) is 6.23. The summed E-state index contributed by atoms with van der Waals surface area (Å²) in [7, 11) is 1.72. The Balaban J connectivity index is 2.11. The van der Waals surface area contributed by atoms with Crippen molar-refractivity contribution < 1.29 is 9.53 Å². The highest BCUT2D eigenvalue weighted by Crippen LogP contribution is 2.25. The molecular weight excluding hydrogens is 262 g/mol. The van der Waals surface area contributed by atoms with Crippen LogP contribution in [0.3, 0.4) is 0 Å². The number of aromatic amines is 1. The van der Waals surface area contributed by atoms with Crippen LogP contribution in [0.2, 0.25) is 0 Å². The van der Waals surface area contributed by atoms with Crippen molar-refractivity contribution in [2.45, 2.75) is 6.04 Å². The Hall–Kier alpha value is -2.42. The molecule has 106 valence electrons. The second kappa shape index (κ2) is 4.93. The van der Waals surface area contributed by atoms with Crippen molar-refractivity contribution in [3.63, 3.8) is 0 Å². The quantitative estimate of drug-likeness (QED) is 0.663. The fraction of sp³-hybridized carbons (Fsp3) is 0.455. The molecule has 0 radical (unpaired) electrons. The Bertz CT molecular complexity index is 641. The molecule has 2 aromatic rings. The van der Waals surface area contributed by atoms with E-state index in [1.165, 1.54) is 0 Å². The molecule has 0 bridgehead atoms. The summed E-state index contributed by atoms with van der Waals surface area (Å²) in [4.78, 5) is 29.2. The van der Waals surface area contributed by atoms with Crippen LogP contribution in [0.1, 0.15) is 0 Å². The Morgan fingerprint density at radius 3 is 3.20 bits per heavy atom. The summed E-state index contributed by atoms with van der Waals surface area (Å²) >= 11 is 0. The summed E-state index contributed by atoms with van der Waals surface area (Å²) in [6, 6.07) is -0.546. The lowest BCUT2D eigenvalue weighted by Crippen LogP contribution is -2.53. The largest absolute Gasteiger partial charge is 0.377 e. The Morgan fingerprint density at radius 1 is 1.60 bits per heavy atom. The third-order valence-electron chi connectivity index (χ3n) is 3.22. The molecule has 1 amide bonds. The zero-order valence-electron chi connectivity index (χ0n) is 11.0. The van der Waals surface area contributed by atoms with Gasteiger partial charge in [-0.15, -0.1) is 0 Å². The van der Waals surface area contributed by atoms with Gasteiger partial charge in [-0.25, -0.2) is 4.98 Å². The summed E-state index contributed by atoms with van der Waals surface area (Å²) in [5, 5.41) is 2.88. The maximum atomic E-state index is 11.6. The van der Waals surface area contributed by atoms with Gasteiger partial charge in [0.1, 0.15) is 11.6 Å². The van der Waals surface area contributed by atoms with Crippen molar-refractivity contribution in [1.82, 2.24) is 19.9 Å². The van der Waals surface area contributed by atoms with E-state index >= 15 is 0 Å². The summed E-state index contributed by atoms with van der Waals surface area (Å²) in [6.45, 7) is 1.30. The zero-order valence-corrected chi connectivity index (χ0v) is 11.0. The first-order valence-corrected chi connectivity index (χ1v) is 6.23. The van der Waals surface area contributed by atoms with Crippen molar-refractivity contribution >= 4 is 28.8 Å². The van der Waals surface area contributed by atoms with E-state index in [0.717, 1.165) is 0 Å². The number of hydrogen-bond acceptors (Lipinski definition) is 7. The number of ether oxygens (including phenoxy) is 1. The van der Waals surface area contributed by atoms with Crippen molar-refractivity contribution in [2.24, 2.45) is 5.73 Å². The van der Waals surface area contributed by atoms with Crippen LogP contribution in [0.5, 0.6) is 0 Å². The van der Waals surface area contributed by atoms with Gasteiger partial charge in [0.2, 0.25) is 11.9 Å². The van der Waals surface area contributed by atoms with Crippen molar-refractivity contribution in [2.75, 3.05) is 37.0 Å².